The summed E-state index contributed by atoms with van der Waals surface area (Å²) in [6.07, 6.45) is 0.680. The van der Waals surface area contributed by atoms with E-state index in [4.69, 9.17) is 0 Å². The Morgan fingerprint density at radius 1 is 1.55 bits per heavy atom. The number of halogens is 1. The van der Waals surface area contributed by atoms with Gasteiger partial charge in [0, 0.05) is 30.7 Å². The van der Waals surface area contributed by atoms with Crippen LogP contribution in [0.5, 0.6) is 0 Å². The molecule has 0 saturated carbocycles. The highest BCUT2D eigenvalue weighted by Gasteiger charge is 2.41. The molecule has 0 radical (unpaired) electrons. The van der Waals surface area contributed by atoms with Crippen LogP contribution in [0.15, 0.2) is 22.7 Å². The smallest absolute Gasteiger partial charge is 0.293 e. The van der Waals surface area contributed by atoms with Crippen LogP contribution in [0.1, 0.15) is 13.3 Å². The van der Waals surface area contributed by atoms with Crippen molar-refractivity contribution in [1.82, 2.24) is 5.32 Å². The lowest BCUT2D eigenvalue weighted by molar-refractivity contribution is -0.384. The molecule has 1 fully saturated rings. The van der Waals surface area contributed by atoms with E-state index in [0.29, 0.717) is 29.7 Å². The van der Waals surface area contributed by atoms with Crippen molar-refractivity contribution in [3.05, 3.63) is 32.8 Å². The number of anilines is 1. The zero-order valence-corrected chi connectivity index (χ0v) is 12.9. The second kappa shape index (κ2) is 5.40. The number of hydrogen-bond donors (Lipinski definition) is 1. The summed E-state index contributed by atoms with van der Waals surface area (Å²) in [5.74, 6) is -0.0280. The number of nitrogens with one attached hydrogen (secondary N) is 1. The van der Waals surface area contributed by atoms with E-state index in [-0.39, 0.29) is 11.6 Å². The third kappa shape index (κ3) is 2.63. The zero-order valence-electron chi connectivity index (χ0n) is 11.4. The molecule has 1 aliphatic heterocycles. The molecule has 0 bridgehead atoms. The summed E-state index contributed by atoms with van der Waals surface area (Å²) in [5.41, 5.74) is 0.113. The molecule has 0 aliphatic carbocycles. The summed E-state index contributed by atoms with van der Waals surface area (Å²) in [6, 6.07) is 4.99. The van der Waals surface area contributed by atoms with Gasteiger partial charge in [0.05, 0.1) is 10.3 Å². The van der Waals surface area contributed by atoms with Crippen LogP contribution in [0.3, 0.4) is 0 Å². The van der Waals surface area contributed by atoms with Crippen LogP contribution in [0.4, 0.5) is 11.4 Å². The minimum Gasteiger partial charge on any atom is -0.365 e. The van der Waals surface area contributed by atoms with Gasteiger partial charge < -0.3 is 10.2 Å². The molecule has 1 saturated heterocycles. The molecule has 1 aromatic carbocycles. The van der Waals surface area contributed by atoms with Crippen molar-refractivity contribution < 1.29 is 9.72 Å². The highest BCUT2D eigenvalue weighted by molar-refractivity contribution is 9.10. The fourth-order valence-electron chi connectivity index (χ4n) is 2.56. The molecule has 1 heterocycles. The van der Waals surface area contributed by atoms with Crippen LogP contribution in [-0.4, -0.2) is 31.0 Å². The molecule has 20 heavy (non-hydrogen) atoms. The average molecular weight is 342 g/mol. The van der Waals surface area contributed by atoms with E-state index in [1.165, 1.54) is 6.07 Å². The van der Waals surface area contributed by atoms with Crippen molar-refractivity contribution in [2.75, 3.05) is 25.0 Å². The highest BCUT2D eigenvalue weighted by atomic mass is 79.9. The van der Waals surface area contributed by atoms with E-state index in [0.717, 1.165) is 0 Å². The lowest BCUT2D eigenvalue weighted by Gasteiger charge is -2.23. The van der Waals surface area contributed by atoms with E-state index in [1.807, 2.05) is 11.8 Å². The summed E-state index contributed by atoms with van der Waals surface area (Å²) in [4.78, 5) is 24.6. The minimum absolute atomic E-state index is 0.0280. The second-order valence-electron chi connectivity index (χ2n) is 5.20. The van der Waals surface area contributed by atoms with E-state index < -0.39 is 10.3 Å². The molecule has 0 spiro atoms. The molecule has 1 amide bonds. The summed E-state index contributed by atoms with van der Waals surface area (Å²) in [6.45, 7) is 3.00. The molecule has 1 unspecified atom stereocenters. The Balaban J connectivity index is 2.31. The predicted molar refractivity (Wildman–Crippen MR) is 79.8 cm³/mol. The number of nitrogens with zero attached hydrogens (tertiary/aromatic N) is 2. The molecule has 6 nitrogen and oxygen atoms in total. The van der Waals surface area contributed by atoms with Crippen molar-refractivity contribution in [2.24, 2.45) is 5.41 Å². The fourth-order valence-corrected chi connectivity index (χ4v) is 2.91. The van der Waals surface area contributed by atoms with E-state index in [1.54, 1.807) is 19.2 Å². The third-order valence-electron chi connectivity index (χ3n) is 3.72. The quantitative estimate of drug-likeness (QED) is 0.676. The first-order chi connectivity index (χ1) is 9.37. The largest absolute Gasteiger partial charge is 0.365 e. The number of nitro benzene ring substituents is 1. The first-order valence-corrected chi connectivity index (χ1v) is 7.08. The van der Waals surface area contributed by atoms with Gasteiger partial charge in [-0.1, -0.05) is 15.9 Å². The van der Waals surface area contributed by atoms with Gasteiger partial charge in [0.25, 0.3) is 5.69 Å². The van der Waals surface area contributed by atoms with Gasteiger partial charge in [0.2, 0.25) is 5.91 Å². The molecular weight excluding hydrogens is 326 g/mol. The number of benzene rings is 1. The molecule has 2 rings (SSSR count). The van der Waals surface area contributed by atoms with Crippen LogP contribution in [0.25, 0.3) is 0 Å². The molecule has 1 aliphatic rings. The molecule has 1 atom stereocenters. The fraction of sp³-hybridized carbons (Fsp3) is 0.462. The van der Waals surface area contributed by atoms with Crippen LogP contribution >= 0.6 is 15.9 Å². The molecule has 1 aromatic rings. The van der Waals surface area contributed by atoms with Gasteiger partial charge in [-0.3, -0.25) is 14.9 Å². The van der Waals surface area contributed by atoms with Gasteiger partial charge >= 0.3 is 0 Å². The van der Waals surface area contributed by atoms with Crippen LogP contribution in [0, 0.1) is 15.5 Å². The van der Waals surface area contributed by atoms with Crippen molar-refractivity contribution in [3.63, 3.8) is 0 Å². The summed E-state index contributed by atoms with van der Waals surface area (Å²) >= 11 is 3.24. The van der Waals surface area contributed by atoms with Crippen LogP contribution < -0.4 is 10.2 Å². The summed E-state index contributed by atoms with van der Waals surface area (Å²) in [5, 5.41) is 13.8. The maximum Gasteiger partial charge on any atom is 0.293 e. The molecule has 0 aromatic heterocycles. The maximum absolute atomic E-state index is 11.9. The van der Waals surface area contributed by atoms with Gasteiger partial charge in [0.15, 0.2) is 0 Å². The number of carbonyl (C=O) groups is 1. The van der Waals surface area contributed by atoms with Crippen LogP contribution in [-0.2, 0) is 4.79 Å². The first-order valence-electron chi connectivity index (χ1n) is 6.28. The number of amides is 1. The zero-order chi connectivity index (χ0) is 14.9. The van der Waals surface area contributed by atoms with Gasteiger partial charge in [-0.05, 0) is 25.5 Å². The number of nitro groups is 1. The molecule has 7 heteroatoms. The minimum atomic E-state index is -0.504. The topological polar surface area (TPSA) is 75.5 Å². The van der Waals surface area contributed by atoms with Gasteiger partial charge in [-0.2, -0.15) is 0 Å². The summed E-state index contributed by atoms with van der Waals surface area (Å²) in [7, 11) is 1.61. The monoisotopic (exact) mass is 341 g/mol. The van der Waals surface area contributed by atoms with E-state index in [9.17, 15) is 14.9 Å². The Morgan fingerprint density at radius 3 is 2.85 bits per heavy atom. The Hall–Kier alpha value is -1.63. The van der Waals surface area contributed by atoms with Gasteiger partial charge in [-0.25, -0.2) is 0 Å². The van der Waals surface area contributed by atoms with Crippen LogP contribution in [0.2, 0.25) is 0 Å². The Bertz CT molecular complexity index is 564. The predicted octanol–water partition coefficient (Wildman–Crippen LogP) is 2.32. The first kappa shape index (κ1) is 14.8. The van der Waals surface area contributed by atoms with Crippen molar-refractivity contribution >= 4 is 33.2 Å². The van der Waals surface area contributed by atoms with Crippen molar-refractivity contribution in [1.29, 1.82) is 0 Å². The van der Waals surface area contributed by atoms with Crippen molar-refractivity contribution in [2.45, 2.75) is 13.3 Å². The Morgan fingerprint density at radius 2 is 2.25 bits per heavy atom. The normalized spacial score (nSPS) is 21.9. The van der Waals surface area contributed by atoms with Gasteiger partial charge in [-0.15, -0.1) is 0 Å². The molecule has 108 valence electrons. The Labute approximate surface area is 125 Å². The number of hydrogen-bond acceptors (Lipinski definition) is 4. The SMILES string of the molecule is CNC(=O)C1(C)CCN(c2ccc(Br)cc2[N+](=O)[O-])C1. The number of carbonyl (C=O) groups excluding carboxylic acids is 1. The average Bonchev–Trinajstić information content (AvgIpc) is 2.81. The lowest BCUT2D eigenvalue weighted by atomic mass is 9.89. The molecule has 1 N–H and O–H groups in total. The van der Waals surface area contributed by atoms with E-state index >= 15 is 0 Å². The van der Waals surface area contributed by atoms with Gasteiger partial charge in [0.1, 0.15) is 5.69 Å². The Kier molecular flexibility index (Phi) is 3.99. The number of rotatable bonds is 3. The van der Waals surface area contributed by atoms with Crippen molar-refractivity contribution in [3.8, 4) is 0 Å². The third-order valence-corrected chi connectivity index (χ3v) is 4.22. The summed E-state index contributed by atoms with van der Waals surface area (Å²) < 4.78 is 0.668. The lowest BCUT2D eigenvalue weighted by Crippen LogP contribution is -2.39. The standard InChI is InChI=1S/C13H16BrN3O3/c1-13(12(18)15-2)5-6-16(8-13)10-4-3-9(14)7-11(10)17(19)20/h3-4,7H,5-6,8H2,1-2H3,(H,15,18). The van der Waals surface area contributed by atoms with E-state index in [2.05, 4.69) is 21.2 Å². The maximum atomic E-state index is 11.9. The highest BCUT2D eigenvalue weighted by Crippen LogP contribution is 2.38. The second-order valence-corrected chi connectivity index (χ2v) is 6.12. The molecular formula is C13H16BrN3O3.